The molecule has 0 bridgehead atoms. The van der Waals surface area contributed by atoms with Gasteiger partial charge < -0.3 is 4.90 Å². The molecule has 0 spiro atoms. The highest BCUT2D eigenvalue weighted by Crippen LogP contribution is 2.26. The molecule has 0 aliphatic carbocycles. The largest absolute Gasteiger partial charge is 0.342 e. The van der Waals surface area contributed by atoms with Crippen molar-refractivity contribution in [3.8, 4) is 0 Å². The maximum atomic E-state index is 12.5. The summed E-state index contributed by atoms with van der Waals surface area (Å²) < 4.78 is 0. The van der Waals surface area contributed by atoms with Crippen molar-refractivity contribution in [1.82, 2.24) is 14.9 Å². The molecule has 1 atom stereocenters. The molecule has 23 heavy (non-hydrogen) atoms. The number of rotatable bonds is 4. The fourth-order valence-corrected chi connectivity index (χ4v) is 3.20. The van der Waals surface area contributed by atoms with Crippen LogP contribution < -0.4 is 0 Å². The van der Waals surface area contributed by atoms with Gasteiger partial charge in [0, 0.05) is 37.3 Å². The van der Waals surface area contributed by atoms with Crippen LogP contribution in [-0.4, -0.2) is 33.9 Å². The minimum Gasteiger partial charge on any atom is -0.342 e. The molecule has 2 heterocycles. The van der Waals surface area contributed by atoms with Crippen LogP contribution >= 0.6 is 0 Å². The van der Waals surface area contributed by atoms with Crippen LogP contribution in [0.4, 0.5) is 0 Å². The molecular formula is C19H23N3O. The average Bonchev–Trinajstić information content (AvgIpc) is 2.61. The van der Waals surface area contributed by atoms with Gasteiger partial charge in [0.05, 0.1) is 0 Å². The summed E-state index contributed by atoms with van der Waals surface area (Å²) in [6, 6.07) is 12.2. The van der Waals surface area contributed by atoms with Crippen molar-refractivity contribution in [1.29, 1.82) is 0 Å². The second kappa shape index (κ2) is 7.36. The van der Waals surface area contributed by atoms with Gasteiger partial charge in [0.2, 0.25) is 5.91 Å². The summed E-state index contributed by atoms with van der Waals surface area (Å²) in [5.41, 5.74) is 2.29. The van der Waals surface area contributed by atoms with Crippen molar-refractivity contribution in [3.63, 3.8) is 0 Å². The molecule has 2 aromatic rings. The summed E-state index contributed by atoms with van der Waals surface area (Å²) in [7, 11) is 0. The van der Waals surface area contributed by atoms with Crippen LogP contribution in [-0.2, 0) is 11.2 Å². The molecule has 0 unspecified atom stereocenters. The van der Waals surface area contributed by atoms with Crippen LogP contribution in [0.2, 0.25) is 0 Å². The summed E-state index contributed by atoms with van der Waals surface area (Å²) in [6.45, 7) is 3.56. The second-order valence-corrected chi connectivity index (χ2v) is 6.19. The maximum absolute atomic E-state index is 12.5. The van der Waals surface area contributed by atoms with Gasteiger partial charge in [0.1, 0.15) is 5.82 Å². The van der Waals surface area contributed by atoms with Crippen LogP contribution in [0.25, 0.3) is 0 Å². The van der Waals surface area contributed by atoms with Crippen molar-refractivity contribution < 1.29 is 4.79 Å². The highest BCUT2D eigenvalue weighted by molar-refractivity contribution is 5.76. The van der Waals surface area contributed by atoms with E-state index >= 15 is 0 Å². The van der Waals surface area contributed by atoms with E-state index in [0.717, 1.165) is 43.9 Å². The normalized spacial score (nSPS) is 18.0. The van der Waals surface area contributed by atoms with E-state index in [4.69, 9.17) is 0 Å². The number of benzene rings is 1. The van der Waals surface area contributed by atoms with Gasteiger partial charge in [-0.3, -0.25) is 4.79 Å². The van der Waals surface area contributed by atoms with Crippen molar-refractivity contribution in [2.75, 3.05) is 13.1 Å². The molecule has 120 valence electrons. The minimum absolute atomic E-state index is 0.254. The minimum atomic E-state index is 0.254. The highest BCUT2D eigenvalue weighted by Gasteiger charge is 2.25. The van der Waals surface area contributed by atoms with E-state index < -0.39 is 0 Å². The Labute approximate surface area is 137 Å². The molecule has 1 amide bonds. The zero-order valence-corrected chi connectivity index (χ0v) is 13.6. The number of amides is 1. The number of aromatic nitrogens is 2. The predicted octanol–water partition coefficient (Wildman–Crippen LogP) is 3.12. The van der Waals surface area contributed by atoms with Gasteiger partial charge in [-0.2, -0.15) is 0 Å². The molecule has 1 aromatic carbocycles. The smallest absolute Gasteiger partial charge is 0.222 e. The van der Waals surface area contributed by atoms with Crippen molar-refractivity contribution in [2.24, 2.45) is 0 Å². The standard InChI is InChI=1S/C19H23N3O/c1-15-20-12-11-18(21-15)17-8-5-13-22(14-17)19(23)10-9-16-6-3-2-4-7-16/h2-4,6-7,11-12,17H,5,8-10,13-14H2,1H3/t17-/m0/s1. The molecule has 1 saturated heterocycles. The van der Waals surface area contributed by atoms with Crippen molar-refractivity contribution >= 4 is 5.91 Å². The molecule has 0 radical (unpaired) electrons. The first-order chi connectivity index (χ1) is 11.2. The third kappa shape index (κ3) is 4.15. The quantitative estimate of drug-likeness (QED) is 0.871. The molecule has 1 aromatic heterocycles. The fraction of sp³-hybridized carbons (Fsp3) is 0.421. The zero-order valence-electron chi connectivity index (χ0n) is 13.6. The van der Waals surface area contributed by atoms with E-state index in [-0.39, 0.29) is 5.91 Å². The number of aryl methyl sites for hydroxylation is 2. The summed E-state index contributed by atoms with van der Waals surface area (Å²) in [5.74, 6) is 1.39. The summed E-state index contributed by atoms with van der Waals surface area (Å²) in [4.78, 5) is 23.2. The Morgan fingerprint density at radius 2 is 2.09 bits per heavy atom. The maximum Gasteiger partial charge on any atom is 0.222 e. The lowest BCUT2D eigenvalue weighted by molar-refractivity contribution is -0.132. The molecule has 1 fully saturated rings. The summed E-state index contributed by atoms with van der Waals surface area (Å²) in [5, 5.41) is 0. The lowest BCUT2D eigenvalue weighted by atomic mass is 9.94. The molecule has 0 N–H and O–H groups in total. The highest BCUT2D eigenvalue weighted by atomic mass is 16.2. The number of likely N-dealkylation sites (tertiary alicyclic amines) is 1. The zero-order chi connectivity index (χ0) is 16.1. The van der Waals surface area contributed by atoms with Gasteiger partial charge in [-0.1, -0.05) is 30.3 Å². The third-order valence-corrected chi connectivity index (χ3v) is 4.46. The molecule has 1 aliphatic heterocycles. The second-order valence-electron chi connectivity index (χ2n) is 6.19. The van der Waals surface area contributed by atoms with Crippen LogP contribution in [0.3, 0.4) is 0 Å². The molecule has 1 aliphatic rings. The van der Waals surface area contributed by atoms with E-state index in [1.54, 1.807) is 0 Å². The number of hydrogen-bond donors (Lipinski definition) is 0. The SMILES string of the molecule is Cc1nccc([C@H]2CCCN(C(=O)CCc3ccccc3)C2)n1. The van der Waals surface area contributed by atoms with Crippen LogP contribution in [0, 0.1) is 6.92 Å². The Kier molecular flexibility index (Phi) is 5.01. The number of hydrogen-bond acceptors (Lipinski definition) is 3. The van der Waals surface area contributed by atoms with Crippen molar-refractivity contribution in [2.45, 2.75) is 38.5 Å². The Bertz CT molecular complexity index is 657. The molecule has 3 rings (SSSR count). The number of carbonyl (C=O) groups is 1. The summed E-state index contributed by atoms with van der Waals surface area (Å²) >= 11 is 0. The van der Waals surface area contributed by atoms with Gasteiger partial charge in [-0.05, 0) is 37.8 Å². The van der Waals surface area contributed by atoms with Gasteiger partial charge >= 0.3 is 0 Å². The first-order valence-electron chi connectivity index (χ1n) is 8.33. The van der Waals surface area contributed by atoms with E-state index in [1.165, 1.54) is 5.56 Å². The Balaban J connectivity index is 1.58. The molecule has 0 saturated carbocycles. The Morgan fingerprint density at radius 1 is 1.26 bits per heavy atom. The van der Waals surface area contributed by atoms with Gasteiger partial charge in [0.25, 0.3) is 0 Å². The number of nitrogens with zero attached hydrogens (tertiary/aromatic N) is 3. The Hall–Kier alpha value is -2.23. The monoisotopic (exact) mass is 309 g/mol. The average molecular weight is 309 g/mol. The van der Waals surface area contributed by atoms with E-state index in [9.17, 15) is 4.79 Å². The summed E-state index contributed by atoms with van der Waals surface area (Å²) in [6.07, 6.45) is 5.35. The Morgan fingerprint density at radius 3 is 2.87 bits per heavy atom. The predicted molar refractivity (Wildman–Crippen MR) is 90.1 cm³/mol. The third-order valence-electron chi connectivity index (χ3n) is 4.46. The van der Waals surface area contributed by atoms with E-state index in [2.05, 4.69) is 22.1 Å². The lowest BCUT2D eigenvalue weighted by Crippen LogP contribution is -2.39. The van der Waals surface area contributed by atoms with Gasteiger partial charge in [-0.25, -0.2) is 9.97 Å². The van der Waals surface area contributed by atoms with E-state index in [0.29, 0.717) is 12.3 Å². The van der Waals surface area contributed by atoms with Crippen LogP contribution in [0.1, 0.15) is 42.3 Å². The van der Waals surface area contributed by atoms with Crippen LogP contribution in [0.5, 0.6) is 0 Å². The van der Waals surface area contributed by atoms with Crippen molar-refractivity contribution in [3.05, 3.63) is 59.7 Å². The molecular weight excluding hydrogens is 286 g/mol. The first-order valence-corrected chi connectivity index (χ1v) is 8.33. The van der Waals surface area contributed by atoms with Gasteiger partial charge in [0.15, 0.2) is 0 Å². The lowest BCUT2D eigenvalue weighted by Gasteiger charge is -2.32. The number of carbonyl (C=O) groups excluding carboxylic acids is 1. The molecule has 4 nitrogen and oxygen atoms in total. The molecule has 4 heteroatoms. The topological polar surface area (TPSA) is 46.1 Å². The fourth-order valence-electron chi connectivity index (χ4n) is 3.20. The first kappa shape index (κ1) is 15.7. The van der Waals surface area contributed by atoms with Crippen LogP contribution in [0.15, 0.2) is 42.6 Å². The number of piperidine rings is 1. The van der Waals surface area contributed by atoms with E-state index in [1.807, 2.05) is 42.3 Å². The van der Waals surface area contributed by atoms with Gasteiger partial charge in [-0.15, -0.1) is 0 Å².